The van der Waals surface area contributed by atoms with Gasteiger partial charge in [-0.2, -0.15) is 0 Å². The lowest BCUT2D eigenvalue weighted by Crippen LogP contribution is -2.30. The van der Waals surface area contributed by atoms with Crippen LogP contribution in [0.1, 0.15) is 32.6 Å². The molecular weight excluding hydrogens is 697 g/mol. The third-order valence-electron chi connectivity index (χ3n) is 4.86. The molecule has 0 aromatic heterocycles. The highest BCUT2D eigenvalue weighted by atomic mass is 127. The quantitative estimate of drug-likeness (QED) is 0.266. The van der Waals surface area contributed by atoms with Crippen LogP contribution in [0.15, 0.2) is 48.5 Å². The lowest BCUT2D eigenvalue weighted by atomic mass is 9.79. The van der Waals surface area contributed by atoms with E-state index in [-0.39, 0.29) is 11.5 Å². The van der Waals surface area contributed by atoms with E-state index in [4.69, 9.17) is 4.74 Å². The number of benzene rings is 3. The van der Waals surface area contributed by atoms with E-state index in [2.05, 4.69) is 67.8 Å². The maximum Gasteiger partial charge on any atom is 0.340 e. The van der Waals surface area contributed by atoms with Gasteiger partial charge >= 0.3 is 5.97 Å². The monoisotopic (exact) mass is 710 g/mol. The summed E-state index contributed by atoms with van der Waals surface area (Å²) in [7, 11) is 0. The summed E-state index contributed by atoms with van der Waals surface area (Å²) < 4.78 is 8.10. The Hall–Kier alpha value is -1.08. The van der Waals surface area contributed by atoms with Crippen LogP contribution in [0.5, 0.6) is 11.5 Å². The van der Waals surface area contributed by atoms with Crippen molar-refractivity contribution in [2.45, 2.75) is 12.5 Å². The summed E-state index contributed by atoms with van der Waals surface area (Å²) in [4.78, 5) is 12.8. The predicted octanol–water partition coefficient (Wildman–Crippen LogP) is 5.68. The average molecular weight is 710 g/mol. The number of ether oxygens (including phenoxy) is 1. The van der Waals surface area contributed by atoms with E-state index in [1.54, 1.807) is 6.07 Å². The highest BCUT2D eigenvalue weighted by Gasteiger charge is 2.49. The minimum atomic E-state index is -1.15. The van der Waals surface area contributed by atoms with Gasteiger partial charge in [-0.05, 0) is 111 Å². The molecule has 142 valence electrons. The van der Waals surface area contributed by atoms with Gasteiger partial charge in [0.25, 0.3) is 0 Å². The van der Waals surface area contributed by atoms with Crippen LogP contribution in [-0.2, 0) is 10.3 Å². The molecule has 1 atom stereocenters. The molecule has 1 unspecified atom stereocenters. The number of fused-ring (bicyclic) bond motifs is 1. The fourth-order valence-corrected chi connectivity index (χ4v) is 6.05. The Kier molecular flexibility index (Phi) is 5.28. The van der Waals surface area contributed by atoms with Crippen LogP contribution in [0.2, 0.25) is 0 Å². The molecule has 4 rings (SSSR count). The standard InChI is InChI=1S/C21H13I3O4/c1-10-6-11(7-15(22)18(10)25)21(12-8-16(23)19(26)17(24)9-12)14-5-3-2-4-13(14)20(27)28-21/h2-9,25-26H,1H3. The number of aromatic hydroxyl groups is 2. The number of carbonyl (C=O) groups excluding carboxylic acids is 1. The molecule has 4 nitrogen and oxygen atoms in total. The zero-order valence-electron chi connectivity index (χ0n) is 14.5. The van der Waals surface area contributed by atoms with E-state index < -0.39 is 11.6 Å². The van der Waals surface area contributed by atoms with Crippen LogP contribution in [0, 0.1) is 17.6 Å². The van der Waals surface area contributed by atoms with Crippen molar-refractivity contribution in [3.8, 4) is 11.5 Å². The number of esters is 1. The second-order valence-electron chi connectivity index (χ2n) is 6.53. The van der Waals surface area contributed by atoms with Gasteiger partial charge in [0.2, 0.25) is 0 Å². The molecule has 28 heavy (non-hydrogen) atoms. The number of halogens is 3. The topological polar surface area (TPSA) is 66.8 Å². The van der Waals surface area contributed by atoms with Crippen LogP contribution in [0.25, 0.3) is 0 Å². The summed E-state index contributed by atoms with van der Waals surface area (Å²) in [5.74, 6) is 0.0237. The average Bonchev–Trinajstić information content (AvgIpc) is 2.97. The van der Waals surface area contributed by atoms with Crippen molar-refractivity contribution < 1.29 is 19.7 Å². The van der Waals surface area contributed by atoms with Crippen LogP contribution >= 0.6 is 67.8 Å². The van der Waals surface area contributed by atoms with Crippen molar-refractivity contribution >= 4 is 73.7 Å². The molecule has 1 aliphatic heterocycles. The van der Waals surface area contributed by atoms with Crippen LogP contribution in [0.3, 0.4) is 0 Å². The molecule has 7 heteroatoms. The van der Waals surface area contributed by atoms with Crippen molar-refractivity contribution in [3.63, 3.8) is 0 Å². The molecular formula is C21H13I3O4. The second-order valence-corrected chi connectivity index (χ2v) is 10.0. The van der Waals surface area contributed by atoms with E-state index in [1.165, 1.54) is 0 Å². The number of aryl methyl sites for hydroxylation is 1. The predicted molar refractivity (Wildman–Crippen MR) is 131 cm³/mol. The van der Waals surface area contributed by atoms with E-state index in [9.17, 15) is 15.0 Å². The van der Waals surface area contributed by atoms with Gasteiger partial charge in [0, 0.05) is 16.7 Å². The number of phenols is 2. The van der Waals surface area contributed by atoms with Crippen molar-refractivity contribution in [2.24, 2.45) is 0 Å². The Balaban J connectivity index is 2.12. The van der Waals surface area contributed by atoms with E-state index >= 15 is 0 Å². The van der Waals surface area contributed by atoms with Gasteiger partial charge < -0.3 is 14.9 Å². The zero-order valence-corrected chi connectivity index (χ0v) is 20.9. The molecule has 0 amide bonds. The van der Waals surface area contributed by atoms with Gasteiger partial charge in [0.05, 0.1) is 16.3 Å². The van der Waals surface area contributed by atoms with Crippen LogP contribution < -0.4 is 0 Å². The number of carbonyl (C=O) groups is 1. The van der Waals surface area contributed by atoms with E-state index in [0.717, 1.165) is 16.7 Å². The maximum absolute atomic E-state index is 12.8. The third kappa shape index (κ3) is 3.00. The third-order valence-corrected chi connectivity index (χ3v) is 7.32. The number of rotatable bonds is 2. The summed E-state index contributed by atoms with van der Waals surface area (Å²) in [6, 6.07) is 14.7. The van der Waals surface area contributed by atoms with E-state index in [1.807, 2.05) is 49.4 Å². The van der Waals surface area contributed by atoms with Crippen LogP contribution in [-0.4, -0.2) is 16.2 Å². The molecule has 0 aliphatic carbocycles. The summed E-state index contributed by atoms with van der Waals surface area (Å²) in [6.07, 6.45) is 0. The summed E-state index contributed by atoms with van der Waals surface area (Å²) in [5, 5.41) is 20.5. The zero-order chi connectivity index (χ0) is 20.2. The number of phenolic OH excluding ortho intramolecular Hbond substituents is 2. The number of cyclic esters (lactones) is 1. The van der Waals surface area contributed by atoms with E-state index in [0.29, 0.717) is 21.8 Å². The molecule has 1 heterocycles. The van der Waals surface area contributed by atoms with Gasteiger partial charge in [0.1, 0.15) is 11.5 Å². The smallest absolute Gasteiger partial charge is 0.340 e. The molecule has 0 saturated carbocycles. The largest absolute Gasteiger partial charge is 0.507 e. The fraction of sp³-hybridized carbons (Fsp3) is 0.0952. The second kappa shape index (κ2) is 7.31. The first-order chi connectivity index (χ1) is 13.3. The Labute approximate surface area is 202 Å². The van der Waals surface area contributed by atoms with Crippen molar-refractivity contribution in [2.75, 3.05) is 0 Å². The Morgan fingerprint density at radius 2 is 1.39 bits per heavy atom. The minimum Gasteiger partial charge on any atom is -0.507 e. The first kappa shape index (κ1) is 20.2. The van der Waals surface area contributed by atoms with Crippen molar-refractivity contribution in [3.05, 3.63) is 87.1 Å². The summed E-state index contributed by atoms with van der Waals surface area (Å²) >= 11 is 6.23. The normalized spacial score (nSPS) is 18.1. The van der Waals surface area contributed by atoms with Gasteiger partial charge in [-0.1, -0.05) is 18.2 Å². The summed E-state index contributed by atoms with van der Waals surface area (Å²) in [6.45, 7) is 1.82. The Morgan fingerprint density at radius 1 is 0.857 bits per heavy atom. The molecule has 0 saturated heterocycles. The first-order valence-electron chi connectivity index (χ1n) is 8.26. The van der Waals surface area contributed by atoms with Gasteiger partial charge in [-0.3, -0.25) is 0 Å². The van der Waals surface area contributed by atoms with Gasteiger partial charge in [-0.25, -0.2) is 4.79 Å². The SMILES string of the molecule is Cc1cc(C2(c3cc(I)c(O)c(I)c3)OC(=O)c3ccccc32)cc(I)c1O. The molecule has 0 fully saturated rings. The molecule has 0 bridgehead atoms. The number of hydrogen-bond acceptors (Lipinski definition) is 4. The molecule has 1 aliphatic rings. The summed E-state index contributed by atoms with van der Waals surface area (Å²) in [5.41, 5.74) is 2.31. The first-order valence-corrected chi connectivity index (χ1v) is 11.5. The minimum absolute atomic E-state index is 0.203. The fourth-order valence-electron chi connectivity index (χ4n) is 3.52. The maximum atomic E-state index is 12.8. The lowest BCUT2D eigenvalue weighted by molar-refractivity contribution is 0.0250. The highest BCUT2D eigenvalue weighted by Crippen LogP contribution is 2.49. The van der Waals surface area contributed by atoms with Gasteiger partial charge in [0.15, 0.2) is 5.60 Å². The molecule has 0 radical (unpaired) electrons. The molecule has 3 aromatic carbocycles. The highest BCUT2D eigenvalue weighted by molar-refractivity contribution is 14.1. The van der Waals surface area contributed by atoms with Crippen molar-refractivity contribution in [1.29, 1.82) is 0 Å². The molecule has 2 N–H and O–H groups in total. The number of hydrogen-bond donors (Lipinski definition) is 2. The van der Waals surface area contributed by atoms with Crippen LogP contribution in [0.4, 0.5) is 0 Å². The lowest BCUT2D eigenvalue weighted by Gasteiger charge is -2.31. The Morgan fingerprint density at radius 3 is 2.00 bits per heavy atom. The van der Waals surface area contributed by atoms with Gasteiger partial charge in [-0.15, -0.1) is 0 Å². The Bertz CT molecular complexity index is 1040. The molecule has 3 aromatic rings. The molecule has 0 spiro atoms. The van der Waals surface area contributed by atoms with Crippen molar-refractivity contribution in [1.82, 2.24) is 0 Å².